The molecule has 0 fully saturated rings. The SMILES string of the molecule is CC(C)(C)c1cc(OC(=O)CCCCC(=O)Oc2cc(C(C)(C)C)c(O)c(C(C)(C)C)c2O)c(O)c(C(C)(C)C)c1O. The Labute approximate surface area is 250 Å². The van der Waals surface area contributed by atoms with E-state index in [0.29, 0.717) is 35.1 Å². The lowest BCUT2D eigenvalue weighted by Crippen LogP contribution is -2.19. The molecular formula is C34H50O8. The molecule has 0 aliphatic rings. The van der Waals surface area contributed by atoms with Crippen molar-refractivity contribution in [2.75, 3.05) is 0 Å². The quantitative estimate of drug-likeness (QED) is 0.147. The maximum atomic E-state index is 12.7. The van der Waals surface area contributed by atoms with Crippen LogP contribution in [0.25, 0.3) is 0 Å². The summed E-state index contributed by atoms with van der Waals surface area (Å²) in [6, 6.07) is 2.99. The zero-order valence-electron chi connectivity index (χ0n) is 27.4. The van der Waals surface area contributed by atoms with E-state index in [1.807, 2.05) is 83.1 Å². The molecule has 0 aliphatic heterocycles. The fourth-order valence-corrected chi connectivity index (χ4v) is 4.88. The van der Waals surface area contributed by atoms with Gasteiger partial charge in [-0.05, 0) is 46.6 Å². The smallest absolute Gasteiger partial charge is 0.311 e. The second-order valence-electron chi connectivity index (χ2n) is 15.1. The van der Waals surface area contributed by atoms with E-state index in [4.69, 9.17) is 9.47 Å². The van der Waals surface area contributed by atoms with Gasteiger partial charge in [0.05, 0.1) is 0 Å². The molecule has 8 heteroatoms. The van der Waals surface area contributed by atoms with Crippen LogP contribution in [0.4, 0.5) is 0 Å². The minimum Gasteiger partial charge on any atom is -0.507 e. The molecule has 234 valence electrons. The van der Waals surface area contributed by atoms with Crippen LogP contribution in [0, 0.1) is 0 Å². The van der Waals surface area contributed by atoms with Crippen molar-refractivity contribution < 1.29 is 39.5 Å². The van der Waals surface area contributed by atoms with Gasteiger partial charge in [0, 0.05) is 35.1 Å². The van der Waals surface area contributed by atoms with Crippen molar-refractivity contribution in [3.05, 3.63) is 34.4 Å². The van der Waals surface area contributed by atoms with Crippen molar-refractivity contribution in [2.24, 2.45) is 0 Å². The lowest BCUT2D eigenvalue weighted by atomic mass is 9.78. The Hall–Kier alpha value is -3.42. The van der Waals surface area contributed by atoms with Crippen molar-refractivity contribution in [2.45, 2.75) is 130 Å². The number of phenolic OH excluding ortho intramolecular Hbond substituents is 4. The molecule has 2 aromatic carbocycles. The molecule has 0 amide bonds. The van der Waals surface area contributed by atoms with E-state index in [-0.39, 0.29) is 47.3 Å². The van der Waals surface area contributed by atoms with E-state index < -0.39 is 33.6 Å². The van der Waals surface area contributed by atoms with Crippen molar-refractivity contribution >= 4 is 11.9 Å². The molecule has 42 heavy (non-hydrogen) atoms. The van der Waals surface area contributed by atoms with Crippen LogP contribution in [-0.2, 0) is 31.2 Å². The van der Waals surface area contributed by atoms with Crippen LogP contribution in [0.1, 0.15) is 131 Å². The van der Waals surface area contributed by atoms with Crippen LogP contribution >= 0.6 is 0 Å². The highest BCUT2D eigenvalue weighted by Crippen LogP contribution is 2.50. The molecule has 2 aromatic rings. The summed E-state index contributed by atoms with van der Waals surface area (Å²) in [5, 5.41) is 43.5. The summed E-state index contributed by atoms with van der Waals surface area (Å²) in [5.74, 6) is -1.77. The molecule has 0 radical (unpaired) electrons. The first-order valence-electron chi connectivity index (χ1n) is 14.5. The van der Waals surface area contributed by atoms with Crippen LogP contribution < -0.4 is 9.47 Å². The summed E-state index contributed by atoms with van der Waals surface area (Å²) in [7, 11) is 0. The molecule has 0 aliphatic carbocycles. The van der Waals surface area contributed by atoms with Crippen LogP contribution in [0.5, 0.6) is 34.5 Å². The monoisotopic (exact) mass is 586 g/mol. The summed E-state index contributed by atoms with van der Waals surface area (Å²) >= 11 is 0. The Bertz CT molecular complexity index is 1220. The summed E-state index contributed by atoms with van der Waals surface area (Å²) < 4.78 is 11.0. The van der Waals surface area contributed by atoms with E-state index in [9.17, 15) is 30.0 Å². The predicted molar refractivity (Wildman–Crippen MR) is 164 cm³/mol. The van der Waals surface area contributed by atoms with E-state index in [1.165, 1.54) is 12.1 Å². The Morgan fingerprint density at radius 1 is 0.524 bits per heavy atom. The number of benzene rings is 2. The van der Waals surface area contributed by atoms with E-state index in [1.54, 1.807) is 0 Å². The van der Waals surface area contributed by atoms with Crippen LogP contribution in [-0.4, -0.2) is 32.4 Å². The topological polar surface area (TPSA) is 134 Å². The summed E-state index contributed by atoms with van der Waals surface area (Å²) in [6.45, 7) is 22.6. The normalized spacial score (nSPS) is 12.8. The fraction of sp³-hybridized carbons (Fsp3) is 0.588. The molecule has 0 spiro atoms. The summed E-state index contributed by atoms with van der Waals surface area (Å²) in [5.41, 5.74) is -0.424. The number of carbonyl (C=O) groups is 2. The lowest BCUT2D eigenvalue weighted by Gasteiger charge is -2.29. The molecule has 0 atom stereocenters. The van der Waals surface area contributed by atoms with Gasteiger partial charge in [0.1, 0.15) is 11.5 Å². The van der Waals surface area contributed by atoms with Gasteiger partial charge in [-0.3, -0.25) is 9.59 Å². The zero-order valence-corrected chi connectivity index (χ0v) is 27.4. The van der Waals surface area contributed by atoms with Gasteiger partial charge in [-0.1, -0.05) is 83.1 Å². The highest BCUT2D eigenvalue weighted by atomic mass is 16.5. The van der Waals surface area contributed by atoms with Gasteiger partial charge >= 0.3 is 11.9 Å². The number of rotatable bonds is 7. The van der Waals surface area contributed by atoms with Gasteiger partial charge in [0.2, 0.25) is 0 Å². The van der Waals surface area contributed by atoms with Crippen molar-refractivity contribution in [1.82, 2.24) is 0 Å². The summed E-state index contributed by atoms with van der Waals surface area (Å²) in [4.78, 5) is 25.4. The fourth-order valence-electron chi connectivity index (χ4n) is 4.88. The maximum absolute atomic E-state index is 12.7. The van der Waals surface area contributed by atoms with Crippen molar-refractivity contribution in [3.63, 3.8) is 0 Å². The first-order valence-corrected chi connectivity index (χ1v) is 14.5. The lowest BCUT2D eigenvalue weighted by molar-refractivity contribution is -0.136. The molecule has 0 aromatic heterocycles. The molecule has 4 N–H and O–H groups in total. The van der Waals surface area contributed by atoms with Gasteiger partial charge in [-0.2, -0.15) is 0 Å². The first-order chi connectivity index (χ1) is 18.9. The van der Waals surface area contributed by atoms with Crippen molar-refractivity contribution in [3.8, 4) is 34.5 Å². The van der Waals surface area contributed by atoms with Crippen molar-refractivity contribution in [1.29, 1.82) is 0 Å². The van der Waals surface area contributed by atoms with Gasteiger partial charge in [-0.25, -0.2) is 0 Å². The number of phenols is 4. The van der Waals surface area contributed by atoms with Gasteiger partial charge in [0.25, 0.3) is 0 Å². The van der Waals surface area contributed by atoms with Gasteiger partial charge in [-0.15, -0.1) is 0 Å². The Kier molecular flexibility index (Phi) is 9.98. The van der Waals surface area contributed by atoms with E-state index >= 15 is 0 Å². The molecule has 0 unspecified atom stereocenters. The zero-order chi connectivity index (χ0) is 32.6. The maximum Gasteiger partial charge on any atom is 0.311 e. The van der Waals surface area contributed by atoms with Crippen LogP contribution in [0.2, 0.25) is 0 Å². The Balaban J connectivity index is 2.12. The second-order valence-corrected chi connectivity index (χ2v) is 15.1. The van der Waals surface area contributed by atoms with Crippen LogP contribution in [0.3, 0.4) is 0 Å². The molecule has 0 bridgehead atoms. The number of esters is 2. The highest BCUT2D eigenvalue weighted by molar-refractivity contribution is 5.76. The Morgan fingerprint density at radius 2 is 0.810 bits per heavy atom. The molecule has 0 saturated heterocycles. The molecule has 2 rings (SSSR count). The second kappa shape index (κ2) is 12.1. The average Bonchev–Trinajstić information content (AvgIpc) is 2.77. The summed E-state index contributed by atoms with van der Waals surface area (Å²) in [6.07, 6.45) is 0.645. The number of hydrogen-bond donors (Lipinski definition) is 4. The highest BCUT2D eigenvalue weighted by Gasteiger charge is 2.33. The Morgan fingerprint density at radius 3 is 1.05 bits per heavy atom. The number of ether oxygens (including phenoxy) is 2. The van der Waals surface area contributed by atoms with E-state index in [2.05, 4.69) is 0 Å². The van der Waals surface area contributed by atoms with Gasteiger partial charge in [0.15, 0.2) is 23.0 Å². The minimum atomic E-state index is -0.607. The minimum absolute atomic E-state index is 0.00387. The molecule has 8 nitrogen and oxygen atoms in total. The third-order valence-corrected chi connectivity index (χ3v) is 7.05. The van der Waals surface area contributed by atoms with E-state index in [0.717, 1.165) is 0 Å². The number of aromatic hydroxyl groups is 4. The largest absolute Gasteiger partial charge is 0.507 e. The predicted octanol–water partition coefficient (Wildman–Crippen LogP) is 7.77. The molecule has 0 saturated carbocycles. The third kappa shape index (κ3) is 8.11. The standard InChI is InChI=1S/C34H50O8/c1-31(2,3)19-17-21(29(39)25(27(19)37)33(7,8)9)41-23(35)15-13-14-16-24(36)42-22-18-20(32(4,5)6)28(38)26(30(22)40)34(10,11)12/h17-18,37-40H,13-16H2,1-12H3. The first kappa shape index (κ1) is 34.8. The van der Waals surface area contributed by atoms with Gasteiger partial charge < -0.3 is 29.9 Å². The average molecular weight is 587 g/mol. The molecular weight excluding hydrogens is 536 g/mol. The van der Waals surface area contributed by atoms with Crippen LogP contribution in [0.15, 0.2) is 12.1 Å². The third-order valence-electron chi connectivity index (χ3n) is 7.05. The number of hydrogen-bond acceptors (Lipinski definition) is 8. The number of unbranched alkanes of at least 4 members (excludes halogenated alkanes) is 1. The number of carbonyl (C=O) groups excluding carboxylic acids is 2. The molecule has 0 heterocycles.